The van der Waals surface area contributed by atoms with Crippen LogP contribution in [0.15, 0.2) is 44.9 Å². The lowest BCUT2D eigenvalue weighted by molar-refractivity contribution is 1.18. The van der Waals surface area contributed by atoms with E-state index >= 15 is 0 Å². The molecule has 120 valence electrons. The van der Waals surface area contributed by atoms with Crippen LogP contribution in [0.3, 0.4) is 0 Å². The van der Waals surface area contributed by atoms with Gasteiger partial charge in [-0.3, -0.25) is 4.99 Å². The largest absolute Gasteiger partial charge is 0.386 e. The molecule has 0 amide bonds. The first-order valence-corrected chi connectivity index (χ1v) is 10.1. The van der Waals surface area contributed by atoms with Gasteiger partial charge in [-0.25, -0.2) is 0 Å². The maximum atomic E-state index is 4.47. The quantitative estimate of drug-likeness (QED) is 0.678. The molecule has 1 aromatic heterocycles. The minimum Gasteiger partial charge on any atom is -0.386 e. The van der Waals surface area contributed by atoms with E-state index in [1.807, 2.05) is 18.8 Å². The van der Waals surface area contributed by atoms with Crippen LogP contribution in [0.2, 0.25) is 0 Å². The fraction of sp³-hybridized carbons (Fsp3) is 0.235. The third kappa shape index (κ3) is 4.13. The van der Waals surface area contributed by atoms with E-state index in [4.69, 9.17) is 0 Å². The molecule has 0 saturated heterocycles. The molecule has 0 bridgehead atoms. The Bertz CT molecular complexity index is 721. The Kier molecular flexibility index (Phi) is 5.70. The lowest BCUT2D eigenvalue weighted by Crippen LogP contribution is -2.00. The molecule has 3 nitrogen and oxygen atoms in total. The first-order valence-electron chi connectivity index (χ1n) is 7.41. The highest BCUT2D eigenvalue weighted by molar-refractivity contribution is 8.14. The maximum absolute atomic E-state index is 4.47. The summed E-state index contributed by atoms with van der Waals surface area (Å²) in [5.41, 5.74) is 4.65. The van der Waals surface area contributed by atoms with Gasteiger partial charge in [-0.15, -0.1) is 23.1 Å². The normalized spacial score (nSPS) is 14.3. The number of anilines is 2. The summed E-state index contributed by atoms with van der Waals surface area (Å²) in [7, 11) is 1.97. The highest BCUT2D eigenvalue weighted by Gasteiger charge is 2.10. The number of hydrogen-bond acceptors (Lipinski definition) is 6. The molecule has 3 rings (SSSR count). The number of aryl methyl sites for hydroxylation is 1. The molecule has 1 aliphatic heterocycles. The zero-order valence-electron chi connectivity index (χ0n) is 13.1. The molecule has 1 aliphatic rings. The van der Waals surface area contributed by atoms with Crippen LogP contribution in [0.4, 0.5) is 11.4 Å². The fourth-order valence-electron chi connectivity index (χ4n) is 2.30. The summed E-state index contributed by atoms with van der Waals surface area (Å²) in [6.45, 7) is 3.06. The molecule has 2 aromatic rings. The van der Waals surface area contributed by atoms with Gasteiger partial charge in [0.1, 0.15) is 0 Å². The van der Waals surface area contributed by atoms with Crippen molar-refractivity contribution in [2.45, 2.75) is 11.1 Å². The van der Waals surface area contributed by atoms with E-state index in [1.165, 1.54) is 15.3 Å². The molecule has 0 aliphatic carbocycles. The van der Waals surface area contributed by atoms with E-state index in [-0.39, 0.29) is 0 Å². The molecule has 0 unspecified atom stereocenters. The topological polar surface area (TPSA) is 36.4 Å². The zero-order valence-corrected chi connectivity index (χ0v) is 15.6. The number of aliphatic imine (C=N–C) groups is 1. The second-order valence-corrected chi connectivity index (χ2v) is 8.18. The lowest BCUT2D eigenvalue weighted by Gasteiger charge is -2.16. The Morgan fingerprint density at radius 3 is 2.83 bits per heavy atom. The number of rotatable bonds is 6. The Morgan fingerprint density at radius 2 is 2.13 bits per heavy atom. The first kappa shape index (κ1) is 16.5. The molecule has 1 aromatic carbocycles. The van der Waals surface area contributed by atoms with E-state index in [9.17, 15) is 0 Å². The van der Waals surface area contributed by atoms with E-state index in [0.29, 0.717) is 0 Å². The highest BCUT2D eigenvalue weighted by atomic mass is 32.2. The van der Waals surface area contributed by atoms with Crippen LogP contribution >= 0.6 is 35.0 Å². The summed E-state index contributed by atoms with van der Waals surface area (Å²) < 4.78 is 4.75. The molecule has 23 heavy (non-hydrogen) atoms. The summed E-state index contributed by atoms with van der Waals surface area (Å²) in [5, 5.41) is 6.55. The molecular weight excluding hydrogens is 342 g/mol. The second-order valence-electron chi connectivity index (χ2n) is 5.01. The monoisotopic (exact) mass is 361 g/mol. The van der Waals surface area contributed by atoms with E-state index < -0.39 is 0 Å². The third-order valence-electron chi connectivity index (χ3n) is 3.46. The molecule has 0 atom stereocenters. The number of thioether (sulfide) groups is 1. The van der Waals surface area contributed by atoms with Gasteiger partial charge in [-0.05, 0) is 47.5 Å². The average Bonchev–Trinajstić information content (AvgIpc) is 3.25. The Hall–Kier alpha value is -1.37. The summed E-state index contributed by atoms with van der Waals surface area (Å²) in [6.07, 6.45) is 4.25. The molecule has 0 radical (unpaired) electrons. The summed E-state index contributed by atoms with van der Waals surface area (Å²) in [5.74, 6) is 1.09. The van der Waals surface area contributed by atoms with Gasteiger partial charge in [0.15, 0.2) is 0 Å². The predicted molar refractivity (Wildman–Crippen MR) is 108 cm³/mol. The number of hydrogen-bond donors (Lipinski definition) is 2. The van der Waals surface area contributed by atoms with Crippen LogP contribution < -0.4 is 10.0 Å². The SMILES string of the molecule is CNc1c(/C=C/C2=NCCS2)ccc(C)c1NSc1cccs1. The lowest BCUT2D eigenvalue weighted by atomic mass is 10.1. The zero-order chi connectivity index (χ0) is 16.1. The number of thiophene rings is 1. The molecule has 2 heterocycles. The van der Waals surface area contributed by atoms with Crippen molar-refractivity contribution in [2.24, 2.45) is 4.99 Å². The maximum Gasteiger partial charge on any atom is 0.0905 e. The summed E-state index contributed by atoms with van der Waals surface area (Å²) in [6, 6.07) is 8.50. The van der Waals surface area contributed by atoms with Gasteiger partial charge in [0.2, 0.25) is 0 Å². The van der Waals surface area contributed by atoms with Gasteiger partial charge in [-0.1, -0.05) is 24.3 Å². The fourth-order valence-corrected chi connectivity index (χ4v) is 4.58. The van der Waals surface area contributed by atoms with E-state index in [0.717, 1.165) is 28.7 Å². The number of benzene rings is 1. The molecule has 0 fully saturated rings. The summed E-state index contributed by atoms with van der Waals surface area (Å²) >= 11 is 5.21. The van der Waals surface area contributed by atoms with Crippen molar-refractivity contribution in [2.75, 3.05) is 29.4 Å². The predicted octanol–water partition coefficient (Wildman–Crippen LogP) is 5.38. The van der Waals surface area contributed by atoms with Crippen LogP contribution in [-0.4, -0.2) is 24.4 Å². The van der Waals surface area contributed by atoms with Crippen molar-refractivity contribution in [3.63, 3.8) is 0 Å². The van der Waals surface area contributed by atoms with Crippen molar-refractivity contribution in [3.8, 4) is 0 Å². The van der Waals surface area contributed by atoms with Crippen LogP contribution in [0.1, 0.15) is 11.1 Å². The van der Waals surface area contributed by atoms with E-state index in [2.05, 4.69) is 63.8 Å². The number of nitrogens with one attached hydrogen (secondary N) is 2. The Morgan fingerprint density at radius 1 is 1.22 bits per heavy atom. The standard InChI is InChI=1S/C17H19N3S3/c1-12-5-6-13(7-8-14-19-9-11-21-14)17(18-2)16(12)20-23-15-4-3-10-22-15/h3-8,10,18,20H,9,11H2,1-2H3/b8-7+. The molecule has 0 spiro atoms. The smallest absolute Gasteiger partial charge is 0.0905 e. The Labute approximate surface area is 149 Å². The minimum atomic E-state index is 0.932. The number of nitrogens with zero attached hydrogens (tertiary/aromatic N) is 1. The van der Waals surface area contributed by atoms with Crippen molar-refractivity contribution >= 4 is 57.5 Å². The van der Waals surface area contributed by atoms with Gasteiger partial charge in [0.05, 0.1) is 20.6 Å². The molecular formula is C17H19N3S3. The summed E-state index contributed by atoms with van der Waals surface area (Å²) in [4.78, 5) is 4.47. The first-order chi connectivity index (χ1) is 11.3. The van der Waals surface area contributed by atoms with Crippen LogP contribution in [-0.2, 0) is 0 Å². The molecule has 2 N–H and O–H groups in total. The van der Waals surface area contributed by atoms with Crippen LogP contribution in [0, 0.1) is 6.92 Å². The van der Waals surface area contributed by atoms with Crippen molar-refractivity contribution in [3.05, 3.63) is 46.8 Å². The van der Waals surface area contributed by atoms with Crippen LogP contribution in [0.25, 0.3) is 6.08 Å². The van der Waals surface area contributed by atoms with Gasteiger partial charge in [0.25, 0.3) is 0 Å². The van der Waals surface area contributed by atoms with Gasteiger partial charge in [-0.2, -0.15) is 0 Å². The third-order valence-corrected chi connectivity index (χ3v) is 6.25. The average molecular weight is 362 g/mol. The van der Waals surface area contributed by atoms with Gasteiger partial charge < -0.3 is 10.0 Å². The van der Waals surface area contributed by atoms with Crippen LogP contribution in [0.5, 0.6) is 0 Å². The molecule has 6 heteroatoms. The van der Waals surface area contributed by atoms with Crippen molar-refractivity contribution < 1.29 is 0 Å². The van der Waals surface area contributed by atoms with E-state index in [1.54, 1.807) is 23.3 Å². The minimum absolute atomic E-state index is 0.932. The van der Waals surface area contributed by atoms with Gasteiger partial charge >= 0.3 is 0 Å². The van der Waals surface area contributed by atoms with Crippen molar-refractivity contribution in [1.29, 1.82) is 0 Å². The Balaban J connectivity index is 1.84. The highest BCUT2D eigenvalue weighted by Crippen LogP contribution is 2.35. The molecule has 0 saturated carbocycles. The second kappa shape index (κ2) is 7.95. The van der Waals surface area contributed by atoms with Gasteiger partial charge in [0, 0.05) is 19.3 Å². The van der Waals surface area contributed by atoms with Crippen molar-refractivity contribution in [1.82, 2.24) is 0 Å².